The summed E-state index contributed by atoms with van der Waals surface area (Å²) in [5, 5.41) is 11.7. The number of nitrogens with one attached hydrogen (secondary N) is 3. The second-order valence-corrected chi connectivity index (χ2v) is 7.52. The standard InChI is InChI=1S/C25H24FN9O/c1-16(18-6-10-27-11-7-18)32-34-23-15-24(35-33-17(2)19-8-12-28-13-9-19)31-25(30-23)29-22-5-4-20(36-3)14-21(22)26/h4-15H,1-3H3,(H3,29,30,31,34,35). The van der Waals surface area contributed by atoms with Crippen molar-refractivity contribution < 1.29 is 9.13 Å². The summed E-state index contributed by atoms with van der Waals surface area (Å²) in [7, 11) is 1.47. The van der Waals surface area contributed by atoms with Crippen LogP contribution in [0.3, 0.4) is 0 Å². The van der Waals surface area contributed by atoms with Crippen molar-refractivity contribution in [2.24, 2.45) is 10.2 Å². The third-order valence-electron chi connectivity index (χ3n) is 5.02. The quantitative estimate of drug-likeness (QED) is 0.228. The van der Waals surface area contributed by atoms with E-state index in [1.807, 2.05) is 38.1 Å². The average molecular weight is 486 g/mol. The van der Waals surface area contributed by atoms with E-state index in [1.54, 1.807) is 43.0 Å². The molecule has 4 aromatic rings. The minimum absolute atomic E-state index is 0.139. The first-order valence-corrected chi connectivity index (χ1v) is 10.9. The molecular formula is C25H24FN9O. The molecule has 0 aliphatic heterocycles. The Morgan fingerprint density at radius 2 is 1.31 bits per heavy atom. The number of pyridine rings is 2. The second-order valence-electron chi connectivity index (χ2n) is 7.52. The summed E-state index contributed by atoms with van der Waals surface area (Å²) in [6.07, 6.45) is 6.76. The maximum atomic E-state index is 14.5. The molecule has 0 aliphatic rings. The van der Waals surface area contributed by atoms with E-state index in [0.29, 0.717) is 17.4 Å². The highest BCUT2D eigenvalue weighted by Crippen LogP contribution is 2.24. The molecule has 0 spiro atoms. The largest absolute Gasteiger partial charge is 0.497 e. The molecular weight excluding hydrogens is 461 g/mol. The third kappa shape index (κ3) is 6.35. The van der Waals surface area contributed by atoms with E-state index in [2.05, 4.69) is 46.3 Å². The molecule has 182 valence electrons. The minimum Gasteiger partial charge on any atom is -0.497 e. The van der Waals surface area contributed by atoms with Gasteiger partial charge in [-0.2, -0.15) is 20.2 Å². The third-order valence-corrected chi connectivity index (χ3v) is 5.02. The van der Waals surface area contributed by atoms with Gasteiger partial charge in [0.1, 0.15) is 11.6 Å². The molecule has 4 rings (SSSR count). The van der Waals surface area contributed by atoms with Gasteiger partial charge in [-0.3, -0.25) is 20.8 Å². The number of ether oxygens (including phenoxy) is 1. The highest BCUT2D eigenvalue weighted by atomic mass is 19.1. The number of nitrogens with zero attached hydrogens (tertiary/aromatic N) is 6. The zero-order valence-electron chi connectivity index (χ0n) is 19.9. The molecule has 0 saturated heterocycles. The Bertz CT molecular complexity index is 1300. The Labute approximate surface area is 207 Å². The summed E-state index contributed by atoms with van der Waals surface area (Å²) in [6, 6.07) is 13.5. The van der Waals surface area contributed by atoms with Gasteiger partial charge in [-0.05, 0) is 50.2 Å². The lowest BCUT2D eigenvalue weighted by Gasteiger charge is -2.11. The smallest absolute Gasteiger partial charge is 0.231 e. The normalized spacial score (nSPS) is 11.7. The number of anilines is 4. The Hall–Kier alpha value is -4.93. The Morgan fingerprint density at radius 3 is 1.78 bits per heavy atom. The SMILES string of the molecule is COc1ccc(Nc2nc(NN=C(C)c3ccncc3)cc(NN=C(C)c3ccncc3)n2)c(F)c1. The van der Waals surface area contributed by atoms with Crippen LogP contribution in [0.15, 0.2) is 83.5 Å². The molecule has 36 heavy (non-hydrogen) atoms. The highest BCUT2D eigenvalue weighted by molar-refractivity contribution is 5.99. The van der Waals surface area contributed by atoms with E-state index >= 15 is 0 Å². The van der Waals surface area contributed by atoms with Crippen LogP contribution in [0, 0.1) is 5.82 Å². The van der Waals surface area contributed by atoms with Gasteiger partial charge < -0.3 is 10.1 Å². The number of rotatable bonds is 9. The predicted molar refractivity (Wildman–Crippen MR) is 138 cm³/mol. The van der Waals surface area contributed by atoms with Crippen LogP contribution in [0.4, 0.5) is 27.7 Å². The Kier molecular flexibility index (Phi) is 7.71. The fraction of sp³-hybridized carbons (Fsp3) is 0.120. The van der Waals surface area contributed by atoms with E-state index in [1.165, 1.54) is 13.2 Å². The molecule has 0 amide bonds. The highest BCUT2D eigenvalue weighted by Gasteiger charge is 2.10. The molecule has 10 nitrogen and oxygen atoms in total. The van der Waals surface area contributed by atoms with Crippen molar-refractivity contribution in [1.29, 1.82) is 0 Å². The number of aromatic nitrogens is 4. The lowest BCUT2D eigenvalue weighted by molar-refractivity contribution is 0.411. The molecule has 3 N–H and O–H groups in total. The summed E-state index contributed by atoms with van der Waals surface area (Å²) in [5.74, 6) is 0.769. The number of hydrogen-bond donors (Lipinski definition) is 3. The van der Waals surface area contributed by atoms with Crippen LogP contribution in [0.1, 0.15) is 25.0 Å². The number of methoxy groups -OCH3 is 1. The van der Waals surface area contributed by atoms with Crippen molar-refractivity contribution in [3.05, 3.63) is 90.3 Å². The van der Waals surface area contributed by atoms with Gasteiger partial charge in [-0.15, -0.1) is 0 Å². The maximum absolute atomic E-state index is 14.5. The number of hydrazone groups is 2. The fourth-order valence-electron chi connectivity index (χ4n) is 3.06. The maximum Gasteiger partial charge on any atom is 0.231 e. The summed E-state index contributed by atoms with van der Waals surface area (Å²) in [5.41, 5.74) is 9.31. The van der Waals surface area contributed by atoms with Crippen molar-refractivity contribution in [2.75, 3.05) is 23.3 Å². The van der Waals surface area contributed by atoms with Gasteiger partial charge in [0.25, 0.3) is 0 Å². The summed E-state index contributed by atoms with van der Waals surface area (Å²) < 4.78 is 19.6. The van der Waals surface area contributed by atoms with Gasteiger partial charge >= 0.3 is 0 Å². The first kappa shape index (κ1) is 24.2. The van der Waals surface area contributed by atoms with Crippen molar-refractivity contribution in [3.8, 4) is 5.75 Å². The molecule has 11 heteroatoms. The average Bonchev–Trinajstić information content (AvgIpc) is 2.92. The van der Waals surface area contributed by atoms with Crippen molar-refractivity contribution >= 4 is 34.7 Å². The molecule has 3 aromatic heterocycles. The van der Waals surface area contributed by atoms with Gasteiger partial charge in [-0.1, -0.05) is 0 Å². The van der Waals surface area contributed by atoms with E-state index in [4.69, 9.17) is 4.74 Å². The van der Waals surface area contributed by atoms with Crippen LogP contribution in [0.2, 0.25) is 0 Å². The van der Waals surface area contributed by atoms with Crippen LogP contribution in [-0.2, 0) is 0 Å². The molecule has 0 bridgehead atoms. The number of benzene rings is 1. The lowest BCUT2D eigenvalue weighted by Crippen LogP contribution is -2.07. The molecule has 0 atom stereocenters. The molecule has 0 fully saturated rings. The molecule has 0 aliphatic carbocycles. The van der Waals surface area contributed by atoms with Crippen LogP contribution in [-0.4, -0.2) is 38.5 Å². The van der Waals surface area contributed by atoms with E-state index in [9.17, 15) is 4.39 Å². The van der Waals surface area contributed by atoms with Crippen LogP contribution in [0.5, 0.6) is 5.75 Å². The van der Waals surface area contributed by atoms with E-state index < -0.39 is 5.82 Å². The van der Waals surface area contributed by atoms with Crippen LogP contribution < -0.4 is 20.9 Å². The fourth-order valence-corrected chi connectivity index (χ4v) is 3.06. The van der Waals surface area contributed by atoms with Gasteiger partial charge in [0.15, 0.2) is 11.6 Å². The monoisotopic (exact) mass is 485 g/mol. The minimum atomic E-state index is -0.510. The van der Waals surface area contributed by atoms with Crippen molar-refractivity contribution in [3.63, 3.8) is 0 Å². The predicted octanol–water partition coefficient (Wildman–Crippen LogP) is 4.83. The molecule has 0 unspecified atom stereocenters. The van der Waals surface area contributed by atoms with Gasteiger partial charge in [0.2, 0.25) is 5.95 Å². The first-order chi connectivity index (χ1) is 17.5. The second kappa shape index (κ2) is 11.5. The molecule has 1 aromatic carbocycles. The summed E-state index contributed by atoms with van der Waals surface area (Å²) in [4.78, 5) is 16.9. The van der Waals surface area contributed by atoms with Crippen LogP contribution in [0.25, 0.3) is 0 Å². The van der Waals surface area contributed by atoms with E-state index in [0.717, 1.165) is 22.6 Å². The topological polar surface area (TPSA) is 122 Å². The van der Waals surface area contributed by atoms with E-state index in [-0.39, 0.29) is 11.6 Å². The van der Waals surface area contributed by atoms with Gasteiger partial charge in [0.05, 0.1) is 24.2 Å². The Balaban J connectivity index is 1.62. The molecule has 0 radical (unpaired) electrons. The van der Waals surface area contributed by atoms with Gasteiger partial charge in [-0.25, -0.2) is 4.39 Å². The number of hydrogen-bond acceptors (Lipinski definition) is 10. The van der Waals surface area contributed by atoms with Crippen LogP contribution >= 0.6 is 0 Å². The van der Waals surface area contributed by atoms with Gasteiger partial charge in [0, 0.05) is 48.0 Å². The number of halogens is 1. The lowest BCUT2D eigenvalue weighted by atomic mass is 10.2. The van der Waals surface area contributed by atoms with Crippen molar-refractivity contribution in [1.82, 2.24) is 19.9 Å². The first-order valence-electron chi connectivity index (χ1n) is 10.9. The zero-order chi connectivity index (χ0) is 25.3. The van der Waals surface area contributed by atoms with Crippen molar-refractivity contribution in [2.45, 2.75) is 13.8 Å². The zero-order valence-corrected chi connectivity index (χ0v) is 19.9. The summed E-state index contributed by atoms with van der Waals surface area (Å²) in [6.45, 7) is 3.72. The molecule has 3 heterocycles. The Morgan fingerprint density at radius 1 is 0.778 bits per heavy atom. The molecule has 0 saturated carbocycles. The summed E-state index contributed by atoms with van der Waals surface area (Å²) >= 11 is 0.